The van der Waals surface area contributed by atoms with Crippen molar-refractivity contribution in [2.45, 2.75) is 42.6 Å². The van der Waals surface area contributed by atoms with E-state index in [1.165, 1.54) is 35.8 Å². The van der Waals surface area contributed by atoms with Gasteiger partial charge in [-0.3, -0.25) is 13.9 Å². The highest BCUT2D eigenvalue weighted by Gasteiger charge is 2.34. The number of likely N-dealkylation sites (N-methyl/N-ethyl adjacent to an activating group) is 1. The minimum atomic E-state index is -4.14. The molecule has 0 saturated carbocycles. The molecule has 39 heavy (non-hydrogen) atoms. The lowest BCUT2D eigenvalue weighted by molar-refractivity contribution is -0.140. The smallest absolute Gasteiger partial charge is 0.264 e. The van der Waals surface area contributed by atoms with Crippen LogP contribution in [0.2, 0.25) is 10.0 Å². The van der Waals surface area contributed by atoms with E-state index < -0.39 is 28.5 Å². The second-order valence-electron chi connectivity index (χ2n) is 8.78. The van der Waals surface area contributed by atoms with Crippen LogP contribution in [0, 0.1) is 6.92 Å². The maximum absolute atomic E-state index is 14.0. The van der Waals surface area contributed by atoms with Crippen LogP contribution in [0.25, 0.3) is 0 Å². The lowest BCUT2D eigenvalue weighted by Gasteiger charge is -2.33. The maximum atomic E-state index is 14.0. The number of nitrogens with one attached hydrogen (secondary N) is 1. The van der Waals surface area contributed by atoms with Crippen molar-refractivity contribution in [1.82, 2.24) is 10.2 Å². The van der Waals surface area contributed by atoms with E-state index in [1.807, 2.05) is 13.2 Å². The van der Waals surface area contributed by atoms with Gasteiger partial charge in [-0.2, -0.15) is 0 Å². The number of amides is 2. The van der Waals surface area contributed by atoms with E-state index in [4.69, 9.17) is 23.2 Å². The molecule has 0 aromatic heterocycles. The lowest BCUT2D eigenvalue weighted by Crippen LogP contribution is -2.51. The number of aryl methyl sites for hydroxylation is 1. The van der Waals surface area contributed by atoms with E-state index in [0.29, 0.717) is 27.7 Å². The first kappa shape index (κ1) is 30.8. The molecule has 3 rings (SSSR count). The summed E-state index contributed by atoms with van der Waals surface area (Å²) < 4.78 is 28.9. The van der Waals surface area contributed by atoms with Gasteiger partial charge >= 0.3 is 0 Å². The monoisotopic (exact) mass is 607 g/mol. The third-order valence-electron chi connectivity index (χ3n) is 6.27. The molecule has 0 saturated heterocycles. The summed E-state index contributed by atoms with van der Waals surface area (Å²) in [5.74, 6) is -0.960. The molecule has 0 heterocycles. The highest BCUT2D eigenvalue weighted by atomic mass is 35.5. The molecule has 208 valence electrons. The molecule has 0 spiro atoms. The Morgan fingerprint density at radius 2 is 1.56 bits per heavy atom. The summed E-state index contributed by atoms with van der Waals surface area (Å²) in [6.07, 6.45) is 2.19. The van der Waals surface area contributed by atoms with Gasteiger partial charge in [0.15, 0.2) is 0 Å². The second kappa shape index (κ2) is 13.6. The normalized spacial score (nSPS) is 12.1. The van der Waals surface area contributed by atoms with Gasteiger partial charge in [0, 0.05) is 34.1 Å². The number of halogens is 2. The van der Waals surface area contributed by atoms with Crippen LogP contribution in [0.4, 0.5) is 5.69 Å². The number of thioether (sulfide) groups is 1. The van der Waals surface area contributed by atoms with E-state index in [1.54, 1.807) is 61.5 Å². The topological polar surface area (TPSA) is 86.8 Å². The standard InChI is InChI=1S/C28H31Cl2N3O4S2/c1-5-26(28(35)31-3)32(17-23-24(29)7-6-8-25(23)30)27(34)18-33(20-11-9-19(2)10-12-20)39(36,37)22-15-13-21(38-4)14-16-22/h6-16,26H,5,17-18H2,1-4H3,(H,31,35). The van der Waals surface area contributed by atoms with Crippen LogP contribution >= 0.6 is 35.0 Å². The number of benzene rings is 3. The van der Waals surface area contributed by atoms with Crippen LogP contribution in [0.5, 0.6) is 0 Å². The van der Waals surface area contributed by atoms with Crippen LogP contribution < -0.4 is 9.62 Å². The third-order valence-corrected chi connectivity index (χ3v) is 9.51. The van der Waals surface area contributed by atoms with E-state index in [0.717, 1.165) is 14.8 Å². The number of sulfonamides is 1. The van der Waals surface area contributed by atoms with Crippen molar-refractivity contribution in [3.05, 3.63) is 87.9 Å². The van der Waals surface area contributed by atoms with Crippen LogP contribution in [0.15, 0.2) is 76.5 Å². The molecule has 3 aromatic rings. The first-order chi connectivity index (χ1) is 18.5. The average Bonchev–Trinajstić information content (AvgIpc) is 2.93. The largest absolute Gasteiger partial charge is 0.357 e. The molecule has 1 atom stereocenters. The summed E-state index contributed by atoms with van der Waals surface area (Å²) in [5, 5.41) is 3.27. The Hall–Kier alpha value is -2.72. The summed E-state index contributed by atoms with van der Waals surface area (Å²) >= 11 is 14.3. The zero-order valence-electron chi connectivity index (χ0n) is 22.1. The SMILES string of the molecule is CCC(C(=O)NC)N(Cc1c(Cl)cccc1Cl)C(=O)CN(c1ccc(C)cc1)S(=O)(=O)c1ccc(SC)cc1. The van der Waals surface area contributed by atoms with Gasteiger partial charge in [0.2, 0.25) is 11.8 Å². The zero-order valence-corrected chi connectivity index (χ0v) is 25.3. The molecule has 1 N–H and O–H groups in total. The fraction of sp³-hybridized carbons (Fsp3) is 0.286. The molecule has 1 unspecified atom stereocenters. The first-order valence-corrected chi connectivity index (χ1v) is 15.6. The molecular formula is C28H31Cl2N3O4S2. The Bertz CT molecular complexity index is 1400. The number of nitrogens with zero attached hydrogens (tertiary/aromatic N) is 2. The number of carbonyl (C=O) groups excluding carboxylic acids is 2. The quantitative estimate of drug-likeness (QED) is 0.279. The van der Waals surface area contributed by atoms with Crippen molar-refractivity contribution in [2.75, 3.05) is 24.2 Å². The Labute approximate surface area is 244 Å². The number of hydrogen-bond acceptors (Lipinski definition) is 5. The van der Waals surface area contributed by atoms with Crippen molar-refractivity contribution in [3.63, 3.8) is 0 Å². The lowest BCUT2D eigenvalue weighted by atomic mass is 10.1. The summed E-state index contributed by atoms with van der Waals surface area (Å²) in [6.45, 7) is 3.05. The van der Waals surface area contributed by atoms with Crippen LogP contribution in [0.3, 0.4) is 0 Å². The fourth-order valence-corrected chi connectivity index (χ4v) is 6.39. The van der Waals surface area contributed by atoms with E-state index >= 15 is 0 Å². The average molecular weight is 609 g/mol. The van der Waals surface area contributed by atoms with Crippen LogP contribution in [0.1, 0.15) is 24.5 Å². The van der Waals surface area contributed by atoms with Gasteiger partial charge in [-0.05, 0) is 68.1 Å². The summed E-state index contributed by atoms with van der Waals surface area (Å²) in [4.78, 5) is 29.1. The van der Waals surface area contributed by atoms with Gasteiger partial charge in [-0.1, -0.05) is 53.9 Å². The molecule has 11 heteroatoms. The summed E-state index contributed by atoms with van der Waals surface area (Å²) in [7, 11) is -2.66. The van der Waals surface area contributed by atoms with Crippen molar-refractivity contribution in [2.24, 2.45) is 0 Å². The second-order valence-corrected chi connectivity index (χ2v) is 12.3. The van der Waals surface area contributed by atoms with Crippen LogP contribution in [-0.2, 0) is 26.2 Å². The predicted octanol–water partition coefficient (Wildman–Crippen LogP) is 5.77. The van der Waals surface area contributed by atoms with Gasteiger partial charge in [0.05, 0.1) is 10.6 Å². The first-order valence-electron chi connectivity index (χ1n) is 12.2. The number of hydrogen-bond donors (Lipinski definition) is 1. The molecule has 7 nitrogen and oxygen atoms in total. The van der Waals surface area contributed by atoms with Gasteiger partial charge < -0.3 is 10.2 Å². The van der Waals surface area contributed by atoms with Crippen molar-refractivity contribution in [1.29, 1.82) is 0 Å². The molecule has 0 aliphatic carbocycles. The van der Waals surface area contributed by atoms with Crippen molar-refractivity contribution in [3.8, 4) is 0 Å². The Kier molecular flexibility index (Phi) is 10.7. The number of anilines is 1. The minimum absolute atomic E-state index is 0.0488. The molecular weight excluding hydrogens is 577 g/mol. The minimum Gasteiger partial charge on any atom is -0.357 e. The molecule has 3 aromatic carbocycles. The van der Waals surface area contributed by atoms with E-state index in [-0.39, 0.29) is 17.3 Å². The van der Waals surface area contributed by atoms with Crippen molar-refractivity contribution >= 4 is 62.5 Å². The Balaban J connectivity index is 2.09. The molecule has 0 radical (unpaired) electrons. The molecule has 0 aliphatic rings. The van der Waals surface area contributed by atoms with Crippen LogP contribution in [-0.4, -0.2) is 51.0 Å². The number of carbonyl (C=O) groups is 2. The highest BCUT2D eigenvalue weighted by Crippen LogP contribution is 2.29. The summed E-state index contributed by atoms with van der Waals surface area (Å²) in [5.41, 5.74) is 1.73. The third kappa shape index (κ3) is 7.28. The molecule has 0 aliphatic heterocycles. The molecule has 2 amide bonds. The molecule has 0 fully saturated rings. The van der Waals surface area contributed by atoms with E-state index in [2.05, 4.69) is 5.32 Å². The van der Waals surface area contributed by atoms with Gasteiger partial charge in [-0.15, -0.1) is 11.8 Å². The zero-order chi connectivity index (χ0) is 28.7. The Morgan fingerprint density at radius 1 is 0.974 bits per heavy atom. The van der Waals surface area contributed by atoms with Gasteiger partial charge in [-0.25, -0.2) is 8.42 Å². The van der Waals surface area contributed by atoms with Crippen molar-refractivity contribution < 1.29 is 18.0 Å². The maximum Gasteiger partial charge on any atom is 0.264 e. The van der Waals surface area contributed by atoms with E-state index in [9.17, 15) is 18.0 Å². The predicted molar refractivity (Wildman–Crippen MR) is 159 cm³/mol. The van der Waals surface area contributed by atoms with Gasteiger partial charge in [0.1, 0.15) is 12.6 Å². The number of rotatable bonds is 11. The Morgan fingerprint density at radius 3 is 2.08 bits per heavy atom. The summed E-state index contributed by atoms with van der Waals surface area (Å²) in [6, 6.07) is 17.4. The fourth-order valence-electron chi connectivity index (χ4n) is 4.05. The highest BCUT2D eigenvalue weighted by molar-refractivity contribution is 7.98. The van der Waals surface area contributed by atoms with Gasteiger partial charge in [0.25, 0.3) is 10.0 Å². The molecule has 0 bridgehead atoms.